The lowest BCUT2D eigenvalue weighted by Crippen LogP contribution is -2.30. The summed E-state index contributed by atoms with van der Waals surface area (Å²) in [4.78, 5) is 10.5. The van der Waals surface area contributed by atoms with Crippen LogP contribution in [0.15, 0.2) is 0 Å². The molecule has 12 heavy (non-hydrogen) atoms. The van der Waals surface area contributed by atoms with E-state index in [0.717, 1.165) is 12.8 Å². The monoisotopic (exact) mass is 238 g/mol. The Morgan fingerprint density at radius 3 is 2.58 bits per heavy atom. The van der Waals surface area contributed by atoms with Crippen molar-refractivity contribution in [2.45, 2.75) is 38.9 Å². The van der Waals surface area contributed by atoms with Crippen LogP contribution in [0.5, 0.6) is 0 Å². The summed E-state index contributed by atoms with van der Waals surface area (Å²) in [6, 6.07) is 0. The zero-order chi connectivity index (χ0) is 8.27. The first kappa shape index (κ1) is 11.9. The van der Waals surface area contributed by atoms with E-state index in [0.29, 0.717) is 12.7 Å². The van der Waals surface area contributed by atoms with Crippen molar-refractivity contribution in [3.05, 3.63) is 0 Å². The molecule has 0 aliphatic carbocycles. The predicted octanol–water partition coefficient (Wildman–Crippen LogP) is 1.69. The molecule has 72 valence electrons. The van der Waals surface area contributed by atoms with Gasteiger partial charge in [0.15, 0.2) is 0 Å². The van der Waals surface area contributed by atoms with Crippen LogP contribution in [-0.2, 0) is 14.3 Å². The molecule has 3 nitrogen and oxygen atoms in total. The molecule has 1 aliphatic heterocycles. The molecular formula is C8H15BrO3. The van der Waals surface area contributed by atoms with Crippen molar-refractivity contribution in [1.29, 1.82) is 0 Å². The van der Waals surface area contributed by atoms with Gasteiger partial charge in [0, 0.05) is 6.92 Å². The Balaban J connectivity index is 0.00000121. The number of carbonyl (C=O) groups is 1. The highest BCUT2D eigenvalue weighted by atomic mass is 79.9. The summed E-state index contributed by atoms with van der Waals surface area (Å²) in [5.41, 5.74) is 0. The lowest BCUT2D eigenvalue weighted by Gasteiger charge is -2.26. The lowest BCUT2D eigenvalue weighted by molar-refractivity contribution is -0.155. The van der Waals surface area contributed by atoms with Gasteiger partial charge < -0.3 is 9.47 Å². The van der Waals surface area contributed by atoms with E-state index in [1.165, 1.54) is 6.92 Å². The molecule has 0 saturated carbocycles. The predicted molar refractivity (Wildman–Crippen MR) is 50.5 cm³/mol. The molecule has 1 heterocycles. The van der Waals surface area contributed by atoms with Crippen LogP contribution in [0.3, 0.4) is 0 Å². The lowest BCUT2D eigenvalue weighted by atomic mass is 10.1. The molecule has 0 radical (unpaired) electrons. The highest BCUT2D eigenvalue weighted by Gasteiger charge is 2.20. The van der Waals surface area contributed by atoms with Crippen LogP contribution in [0.2, 0.25) is 0 Å². The Kier molecular flexibility index (Phi) is 5.50. The molecule has 1 saturated heterocycles. The third-order valence-corrected chi connectivity index (χ3v) is 1.79. The molecule has 0 aromatic rings. The first-order valence-corrected chi connectivity index (χ1v) is 3.97. The maximum absolute atomic E-state index is 10.5. The van der Waals surface area contributed by atoms with Crippen LogP contribution in [0.25, 0.3) is 0 Å². The largest absolute Gasteiger partial charge is 0.460 e. The van der Waals surface area contributed by atoms with Gasteiger partial charge in [0.1, 0.15) is 6.10 Å². The summed E-state index contributed by atoms with van der Waals surface area (Å²) in [5.74, 6) is -0.215. The first-order valence-electron chi connectivity index (χ1n) is 3.97. The number of ether oxygens (including phenoxy) is 2. The molecule has 0 N–H and O–H groups in total. The molecule has 2 atom stereocenters. The van der Waals surface area contributed by atoms with Gasteiger partial charge in [-0.1, -0.05) is 0 Å². The molecular weight excluding hydrogens is 224 g/mol. The van der Waals surface area contributed by atoms with Crippen LogP contribution in [0, 0.1) is 0 Å². The van der Waals surface area contributed by atoms with Crippen molar-refractivity contribution in [3.8, 4) is 0 Å². The minimum Gasteiger partial charge on any atom is -0.460 e. The molecule has 0 amide bonds. The maximum Gasteiger partial charge on any atom is 0.302 e. The number of rotatable bonds is 1. The van der Waals surface area contributed by atoms with Crippen molar-refractivity contribution in [2.75, 3.05) is 6.61 Å². The van der Waals surface area contributed by atoms with Crippen molar-refractivity contribution in [3.63, 3.8) is 0 Å². The first-order chi connectivity index (χ1) is 5.18. The SMILES string of the molecule is Br.CC(=O)OC1CCC(C)OC1. The number of hydrogen-bond donors (Lipinski definition) is 0. The number of halogens is 1. The van der Waals surface area contributed by atoms with E-state index < -0.39 is 0 Å². The van der Waals surface area contributed by atoms with Gasteiger partial charge in [0.2, 0.25) is 0 Å². The molecule has 1 fully saturated rings. The molecule has 0 spiro atoms. The maximum atomic E-state index is 10.5. The number of carbonyl (C=O) groups excluding carboxylic acids is 1. The highest BCUT2D eigenvalue weighted by Crippen LogP contribution is 2.15. The molecule has 1 rings (SSSR count). The van der Waals surface area contributed by atoms with Gasteiger partial charge in [-0.05, 0) is 19.8 Å². The van der Waals surface area contributed by atoms with Gasteiger partial charge >= 0.3 is 5.97 Å². The Bertz CT molecular complexity index is 141. The minimum atomic E-state index is -0.215. The fourth-order valence-corrected chi connectivity index (χ4v) is 1.19. The summed E-state index contributed by atoms with van der Waals surface area (Å²) >= 11 is 0. The van der Waals surface area contributed by atoms with E-state index in [9.17, 15) is 4.79 Å². The molecule has 0 aromatic heterocycles. The second-order valence-corrected chi connectivity index (χ2v) is 2.95. The Labute approximate surface area is 83.2 Å². The van der Waals surface area contributed by atoms with Crippen molar-refractivity contribution in [2.24, 2.45) is 0 Å². The quantitative estimate of drug-likeness (QED) is 0.653. The summed E-state index contributed by atoms with van der Waals surface area (Å²) < 4.78 is 10.3. The second kappa shape index (κ2) is 5.54. The average molecular weight is 239 g/mol. The molecule has 2 unspecified atom stereocenters. The Hall–Kier alpha value is -0.0900. The van der Waals surface area contributed by atoms with Crippen LogP contribution in [0.1, 0.15) is 26.7 Å². The minimum absolute atomic E-state index is 0. The van der Waals surface area contributed by atoms with Crippen molar-refractivity contribution < 1.29 is 14.3 Å². The average Bonchev–Trinajstić information content (AvgIpc) is 1.93. The number of esters is 1. The van der Waals surface area contributed by atoms with Crippen molar-refractivity contribution in [1.82, 2.24) is 0 Å². The molecule has 0 bridgehead atoms. The fraction of sp³-hybridized carbons (Fsp3) is 0.875. The molecule has 4 heteroatoms. The summed E-state index contributed by atoms with van der Waals surface area (Å²) in [7, 11) is 0. The van der Waals surface area contributed by atoms with Gasteiger partial charge in [-0.15, -0.1) is 17.0 Å². The zero-order valence-electron chi connectivity index (χ0n) is 7.41. The van der Waals surface area contributed by atoms with Crippen LogP contribution in [-0.4, -0.2) is 24.8 Å². The Morgan fingerprint density at radius 1 is 1.50 bits per heavy atom. The van der Waals surface area contributed by atoms with E-state index >= 15 is 0 Å². The number of hydrogen-bond acceptors (Lipinski definition) is 3. The zero-order valence-corrected chi connectivity index (χ0v) is 9.12. The van der Waals surface area contributed by atoms with Gasteiger partial charge in [-0.3, -0.25) is 4.79 Å². The third-order valence-electron chi connectivity index (χ3n) is 1.79. The van der Waals surface area contributed by atoms with Gasteiger partial charge in [0.25, 0.3) is 0 Å². The fourth-order valence-electron chi connectivity index (χ4n) is 1.19. The van der Waals surface area contributed by atoms with Crippen LogP contribution >= 0.6 is 17.0 Å². The second-order valence-electron chi connectivity index (χ2n) is 2.95. The smallest absolute Gasteiger partial charge is 0.302 e. The molecule has 0 aromatic carbocycles. The normalized spacial score (nSPS) is 28.8. The standard InChI is InChI=1S/C8H14O3.BrH/c1-6-3-4-8(5-10-6)11-7(2)9;/h6,8H,3-5H2,1-2H3;1H. The summed E-state index contributed by atoms with van der Waals surface area (Å²) in [6.45, 7) is 4.02. The highest BCUT2D eigenvalue weighted by molar-refractivity contribution is 8.93. The van der Waals surface area contributed by atoms with Gasteiger partial charge in [0.05, 0.1) is 12.7 Å². The van der Waals surface area contributed by atoms with E-state index in [-0.39, 0.29) is 29.1 Å². The van der Waals surface area contributed by atoms with Crippen molar-refractivity contribution >= 4 is 23.0 Å². The van der Waals surface area contributed by atoms with E-state index in [4.69, 9.17) is 9.47 Å². The topological polar surface area (TPSA) is 35.5 Å². The van der Waals surface area contributed by atoms with E-state index in [2.05, 4.69) is 0 Å². The van der Waals surface area contributed by atoms with Gasteiger partial charge in [-0.2, -0.15) is 0 Å². The van der Waals surface area contributed by atoms with Gasteiger partial charge in [-0.25, -0.2) is 0 Å². The van der Waals surface area contributed by atoms with E-state index in [1.807, 2.05) is 6.92 Å². The summed E-state index contributed by atoms with van der Waals surface area (Å²) in [6.07, 6.45) is 2.23. The summed E-state index contributed by atoms with van der Waals surface area (Å²) in [5, 5.41) is 0. The van der Waals surface area contributed by atoms with E-state index in [1.54, 1.807) is 0 Å². The third kappa shape index (κ3) is 4.07. The Morgan fingerprint density at radius 2 is 2.17 bits per heavy atom. The van der Waals surface area contributed by atoms with Crippen LogP contribution in [0.4, 0.5) is 0 Å². The van der Waals surface area contributed by atoms with Crippen LogP contribution < -0.4 is 0 Å². The molecule has 1 aliphatic rings.